The molecule has 2 aromatic heterocycles. The van der Waals surface area contributed by atoms with E-state index in [4.69, 9.17) is 29.9 Å². The summed E-state index contributed by atoms with van der Waals surface area (Å²) in [5.41, 5.74) is 10.2. The molecule has 182 valence electrons. The van der Waals surface area contributed by atoms with E-state index in [0.29, 0.717) is 45.1 Å². The molecule has 5 rings (SSSR count). The molecule has 0 bridgehead atoms. The Hall–Kier alpha value is -4.31. The number of benzene rings is 3. The topological polar surface area (TPSA) is 114 Å². The number of nitrogens with one attached hydrogen (secondary N) is 1. The highest BCUT2D eigenvalue weighted by atomic mass is 79.9. The van der Waals surface area contributed by atoms with E-state index in [0.717, 1.165) is 10.2 Å². The van der Waals surface area contributed by atoms with Crippen molar-refractivity contribution >= 4 is 55.5 Å². The smallest absolute Gasteiger partial charge is 0.261 e. The normalized spacial score (nSPS) is 11.0. The second-order valence-corrected chi connectivity index (χ2v) is 8.74. The molecule has 0 saturated heterocycles. The zero-order chi connectivity index (χ0) is 25.4. The predicted octanol–water partition coefficient (Wildman–Crippen LogP) is 5.20. The first-order valence-corrected chi connectivity index (χ1v) is 11.7. The Bertz CT molecular complexity index is 1590. The number of nitrogens with zero attached hydrogens (tertiary/aromatic N) is 3. The number of rotatable bonds is 6. The third-order valence-corrected chi connectivity index (χ3v) is 6.26. The molecule has 10 heteroatoms. The molecule has 9 nitrogen and oxygen atoms in total. The van der Waals surface area contributed by atoms with Crippen molar-refractivity contribution in [3.63, 3.8) is 0 Å². The maximum absolute atomic E-state index is 13.6. The van der Waals surface area contributed by atoms with Gasteiger partial charge in [-0.3, -0.25) is 9.36 Å². The molecule has 5 aromatic rings. The monoisotopic (exact) mass is 547 g/mol. The van der Waals surface area contributed by atoms with Crippen molar-refractivity contribution in [1.29, 1.82) is 0 Å². The zero-order valence-electron chi connectivity index (χ0n) is 19.7. The average Bonchev–Trinajstić information content (AvgIpc) is 3.17. The molecule has 0 aliphatic rings. The van der Waals surface area contributed by atoms with Gasteiger partial charge in [0.2, 0.25) is 5.75 Å². The van der Waals surface area contributed by atoms with Crippen LogP contribution in [-0.4, -0.2) is 41.8 Å². The van der Waals surface area contributed by atoms with Crippen molar-refractivity contribution in [2.75, 3.05) is 32.4 Å². The van der Waals surface area contributed by atoms with Crippen LogP contribution in [0, 0.1) is 0 Å². The van der Waals surface area contributed by atoms with Crippen LogP contribution in [0.4, 0.5) is 11.5 Å². The number of hydrogen-bond donors (Lipinski definition) is 2. The van der Waals surface area contributed by atoms with Crippen LogP contribution in [0.1, 0.15) is 10.4 Å². The Balaban J connectivity index is 1.69. The molecule has 0 spiro atoms. The van der Waals surface area contributed by atoms with E-state index in [2.05, 4.69) is 21.2 Å². The number of fused-ring (bicyclic) bond motifs is 2. The van der Waals surface area contributed by atoms with E-state index in [1.54, 1.807) is 16.7 Å². The molecule has 0 atom stereocenters. The number of ether oxygens (including phenoxy) is 3. The minimum absolute atomic E-state index is 0.208. The van der Waals surface area contributed by atoms with Gasteiger partial charge in [-0.25, -0.2) is 9.97 Å². The molecule has 3 aromatic carbocycles. The number of hydrogen-bond acceptors (Lipinski definition) is 7. The largest absolute Gasteiger partial charge is 0.493 e. The standard InChI is InChI=1S/C26H22BrN5O4/c1-34-19-12-15(13-20(35-2)23(19)36-3)29-26(33)21-22-25(31-18-7-5-4-6-17(18)30-22)32(24(21)28)16-10-8-14(27)9-11-16/h4-13H,28H2,1-3H3,(H,29,33). The highest BCUT2D eigenvalue weighted by molar-refractivity contribution is 9.10. The Kier molecular flexibility index (Phi) is 6.11. The Morgan fingerprint density at radius 3 is 2.11 bits per heavy atom. The van der Waals surface area contributed by atoms with E-state index in [9.17, 15) is 4.79 Å². The van der Waals surface area contributed by atoms with Gasteiger partial charge in [0.1, 0.15) is 16.9 Å². The van der Waals surface area contributed by atoms with Crippen molar-refractivity contribution in [3.8, 4) is 22.9 Å². The molecule has 0 aliphatic heterocycles. The van der Waals surface area contributed by atoms with Gasteiger partial charge in [-0.05, 0) is 36.4 Å². The lowest BCUT2D eigenvalue weighted by Gasteiger charge is -2.14. The lowest BCUT2D eigenvalue weighted by Crippen LogP contribution is -2.15. The summed E-state index contributed by atoms with van der Waals surface area (Å²) in [6.07, 6.45) is 0. The van der Waals surface area contributed by atoms with Crippen molar-refractivity contribution < 1.29 is 19.0 Å². The van der Waals surface area contributed by atoms with Crippen LogP contribution < -0.4 is 25.3 Å². The summed E-state index contributed by atoms with van der Waals surface area (Å²) in [5, 5.41) is 2.89. The zero-order valence-corrected chi connectivity index (χ0v) is 21.3. The Labute approximate surface area is 214 Å². The number of anilines is 2. The summed E-state index contributed by atoms with van der Waals surface area (Å²) < 4.78 is 18.8. The summed E-state index contributed by atoms with van der Waals surface area (Å²) >= 11 is 3.46. The summed E-state index contributed by atoms with van der Waals surface area (Å²) in [6, 6.07) is 18.3. The fraction of sp³-hybridized carbons (Fsp3) is 0.115. The number of nitrogens with two attached hydrogens (primary N) is 1. The van der Waals surface area contributed by atoms with Gasteiger partial charge >= 0.3 is 0 Å². The van der Waals surface area contributed by atoms with Gasteiger partial charge in [-0.1, -0.05) is 28.1 Å². The fourth-order valence-corrected chi connectivity index (χ4v) is 4.35. The van der Waals surface area contributed by atoms with Crippen LogP contribution in [-0.2, 0) is 0 Å². The van der Waals surface area contributed by atoms with Crippen molar-refractivity contribution in [2.24, 2.45) is 0 Å². The van der Waals surface area contributed by atoms with Crippen molar-refractivity contribution in [3.05, 3.63) is 70.7 Å². The summed E-state index contributed by atoms with van der Waals surface area (Å²) in [4.78, 5) is 23.2. The first-order chi connectivity index (χ1) is 17.4. The van der Waals surface area contributed by atoms with Gasteiger partial charge in [-0.15, -0.1) is 0 Å². The average molecular weight is 548 g/mol. The van der Waals surface area contributed by atoms with E-state index < -0.39 is 5.91 Å². The van der Waals surface area contributed by atoms with Crippen LogP contribution >= 0.6 is 15.9 Å². The van der Waals surface area contributed by atoms with Crippen molar-refractivity contribution in [2.45, 2.75) is 0 Å². The van der Waals surface area contributed by atoms with Crippen LogP contribution in [0.3, 0.4) is 0 Å². The number of methoxy groups -OCH3 is 3. The first-order valence-electron chi connectivity index (χ1n) is 10.9. The second-order valence-electron chi connectivity index (χ2n) is 7.82. The molecule has 0 aliphatic carbocycles. The highest BCUT2D eigenvalue weighted by Gasteiger charge is 2.25. The number of nitrogen functional groups attached to an aromatic ring is 1. The predicted molar refractivity (Wildman–Crippen MR) is 143 cm³/mol. The third-order valence-electron chi connectivity index (χ3n) is 5.73. The minimum Gasteiger partial charge on any atom is -0.493 e. The Morgan fingerprint density at radius 1 is 0.917 bits per heavy atom. The quantitative estimate of drug-likeness (QED) is 0.300. The molecule has 36 heavy (non-hydrogen) atoms. The molecular formula is C26H22BrN5O4. The Morgan fingerprint density at radius 2 is 1.53 bits per heavy atom. The fourth-order valence-electron chi connectivity index (χ4n) is 4.08. The molecule has 0 radical (unpaired) electrons. The third kappa shape index (κ3) is 3.95. The number of amides is 1. The molecule has 2 heterocycles. The van der Waals surface area contributed by atoms with E-state index in [1.165, 1.54) is 21.3 Å². The van der Waals surface area contributed by atoms with Gasteiger partial charge in [0.25, 0.3) is 5.91 Å². The maximum atomic E-state index is 13.6. The lowest BCUT2D eigenvalue weighted by atomic mass is 10.2. The maximum Gasteiger partial charge on any atom is 0.261 e. The number of carbonyl (C=O) groups is 1. The molecule has 0 fully saturated rings. The summed E-state index contributed by atoms with van der Waals surface area (Å²) in [7, 11) is 4.53. The number of para-hydroxylation sites is 2. The van der Waals surface area contributed by atoms with Crippen LogP contribution in [0.5, 0.6) is 17.2 Å². The van der Waals surface area contributed by atoms with Crippen LogP contribution in [0.15, 0.2) is 65.1 Å². The van der Waals surface area contributed by atoms with E-state index in [-0.39, 0.29) is 11.4 Å². The second kappa shape index (κ2) is 9.38. The van der Waals surface area contributed by atoms with Gasteiger partial charge in [0, 0.05) is 28.0 Å². The van der Waals surface area contributed by atoms with E-state index in [1.807, 2.05) is 48.5 Å². The highest BCUT2D eigenvalue weighted by Crippen LogP contribution is 2.40. The SMILES string of the molecule is COc1cc(NC(=O)c2c(N)n(-c3ccc(Br)cc3)c3nc4ccccc4nc23)cc(OC)c1OC. The number of carbonyl (C=O) groups excluding carboxylic acids is 1. The van der Waals surface area contributed by atoms with Crippen LogP contribution in [0.25, 0.3) is 27.9 Å². The molecule has 0 unspecified atom stereocenters. The molecule has 0 saturated carbocycles. The minimum atomic E-state index is -0.452. The van der Waals surface area contributed by atoms with Gasteiger partial charge < -0.3 is 25.3 Å². The van der Waals surface area contributed by atoms with Crippen molar-refractivity contribution in [1.82, 2.24) is 14.5 Å². The van der Waals surface area contributed by atoms with Crippen LogP contribution in [0.2, 0.25) is 0 Å². The number of aromatic nitrogens is 3. The molecule has 3 N–H and O–H groups in total. The summed E-state index contributed by atoms with van der Waals surface area (Å²) in [6.45, 7) is 0. The lowest BCUT2D eigenvalue weighted by molar-refractivity contribution is 0.102. The molecule has 1 amide bonds. The first kappa shape index (κ1) is 23.4. The summed E-state index contributed by atoms with van der Waals surface area (Å²) in [5.74, 6) is 0.993. The molecular weight excluding hydrogens is 526 g/mol. The van der Waals surface area contributed by atoms with Gasteiger partial charge in [-0.2, -0.15) is 0 Å². The number of halogens is 1. The van der Waals surface area contributed by atoms with Gasteiger partial charge in [0.05, 0.1) is 32.4 Å². The van der Waals surface area contributed by atoms with Gasteiger partial charge in [0.15, 0.2) is 17.1 Å². The van der Waals surface area contributed by atoms with E-state index >= 15 is 0 Å².